The first kappa shape index (κ1) is 12.8. The van der Waals surface area contributed by atoms with Crippen LogP contribution in [0, 0.1) is 5.92 Å². The van der Waals surface area contributed by atoms with Crippen LogP contribution in [0.4, 0.5) is 0 Å². The average molecular weight is 277 g/mol. The fraction of sp³-hybridized carbons (Fsp3) is 0.429. The molecule has 2 aliphatic rings. The minimum atomic E-state index is -0.924. The molecule has 0 aromatic heterocycles. The molecule has 0 spiro atoms. The van der Waals surface area contributed by atoms with E-state index in [-0.39, 0.29) is 25.0 Å². The molecule has 1 aromatic carbocycles. The zero-order chi connectivity index (χ0) is 14.1. The SMILES string of the molecule is O=C(O)C1CC(=O)N(CC2COc3ccccc3O2)C1. The van der Waals surface area contributed by atoms with Crippen molar-refractivity contribution in [1.82, 2.24) is 4.90 Å². The summed E-state index contributed by atoms with van der Waals surface area (Å²) in [6.07, 6.45) is -0.194. The van der Waals surface area contributed by atoms with E-state index in [2.05, 4.69) is 0 Å². The molecule has 1 fully saturated rings. The van der Waals surface area contributed by atoms with E-state index in [4.69, 9.17) is 14.6 Å². The number of carbonyl (C=O) groups excluding carboxylic acids is 1. The van der Waals surface area contributed by atoms with E-state index < -0.39 is 11.9 Å². The van der Waals surface area contributed by atoms with Crippen LogP contribution in [0.15, 0.2) is 24.3 Å². The number of hydrogen-bond donors (Lipinski definition) is 1. The Morgan fingerprint density at radius 1 is 1.35 bits per heavy atom. The molecule has 1 amide bonds. The summed E-state index contributed by atoms with van der Waals surface area (Å²) in [4.78, 5) is 24.2. The van der Waals surface area contributed by atoms with Crippen LogP contribution < -0.4 is 9.47 Å². The van der Waals surface area contributed by atoms with Gasteiger partial charge in [-0.2, -0.15) is 0 Å². The highest BCUT2D eigenvalue weighted by molar-refractivity contribution is 5.86. The summed E-state index contributed by atoms with van der Waals surface area (Å²) >= 11 is 0. The van der Waals surface area contributed by atoms with Gasteiger partial charge in [-0.15, -0.1) is 0 Å². The van der Waals surface area contributed by atoms with Gasteiger partial charge in [0.15, 0.2) is 17.6 Å². The van der Waals surface area contributed by atoms with Crippen LogP contribution in [0.5, 0.6) is 11.5 Å². The van der Waals surface area contributed by atoms with Crippen LogP contribution in [-0.4, -0.2) is 47.7 Å². The molecule has 0 bridgehead atoms. The topological polar surface area (TPSA) is 76.1 Å². The molecule has 0 saturated carbocycles. The van der Waals surface area contributed by atoms with Gasteiger partial charge in [0.2, 0.25) is 5.91 Å². The van der Waals surface area contributed by atoms with Gasteiger partial charge in [-0.3, -0.25) is 9.59 Å². The predicted octanol–water partition coefficient (Wildman–Crippen LogP) is 0.759. The van der Waals surface area contributed by atoms with Crippen molar-refractivity contribution in [3.8, 4) is 11.5 Å². The fourth-order valence-electron chi connectivity index (χ4n) is 2.51. The van der Waals surface area contributed by atoms with Crippen molar-refractivity contribution in [3.63, 3.8) is 0 Å². The number of para-hydroxylation sites is 2. The maximum Gasteiger partial charge on any atom is 0.308 e. The van der Waals surface area contributed by atoms with Crippen LogP contribution in [0.25, 0.3) is 0 Å². The highest BCUT2D eigenvalue weighted by atomic mass is 16.6. The number of carboxylic acids is 1. The summed E-state index contributed by atoms with van der Waals surface area (Å²) in [6.45, 7) is 0.963. The monoisotopic (exact) mass is 277 g/mol. The van der Waals surface area contributed by atoms with E-state index in [1.165, 1.54) is 0 Å². The van der Waals surface area contributed by atoms with Crippen LogP contribution in [0.2, 0.25) is 0 Å². The number of nitrogens with zero attached hydrogens (tertiary/aromatic N) is 1. The Balaban J connectivity index is 1.63. The minimum Gasteiger partial charge on any atom is -0.486 e. The fourth-order valence-corrected chi connectivity index (χ4v) is 2.51. The molecule has 2 unspecified atom stereocenters. The molecule has 20 heavy (non-hydrogen) atoms. The van der Waals surface area contributed by atoms with Crippen molar-refractivity contribution in [3.05, 3.63) is 24.3 Å². The van der Waals surface area contributed by atoms with Crippen molar-refractivity contribution < 1.29 is 24.2 Å². The molecule has 2 aliphatic heterocycles. The Morgan fingerprint density at radius 3 is 2.80 bits per heavy atom. The van der Waals surface area contributed by atoms with E-state index in [1.807, 2.05) is 24.3 Å². The van der Waals surface area contributed by atoms with Crippen LogP contribution in [-0.2, 0) is 9.59 Å². The van der Waals surface area contributed by atoms with Crippen molar-refractivity contribution in [2.24, 2.45) is 5.92 Å². The van der Waals surface area contributed by atoms with Crippen LogP contribution >= 0.6 is 0 Å². The van der Waals surface area contributed by atoms with Crippen molar-refractivity contribution in [2.45, 2.75) is 12.5 Å². The Labute approximate surface area is 115 Å². The van der Waals surface area contributed by atoms with E-state index in [0.29, 0.717) is 24.7 Å². The lowest BCUT2D eigenvalue weighted by atomic mass is 10.1. The second kappa shape index (κ2) is 5.03. The Kier molecular flexibility index (Phi) is 3.22. The summed E-state index contributed by atoms with van der Waals surface area (Å²) in [5, 5.41) is 8.95. The zero-order valence-electron chi connectivity index (χ0n) is 10.8. The largest absolute Gasteiger partial charge is 0.486 e. The summed E-state index contributed by atoms with van der Waals surface area (Å²) in [5.74, 6) is -0.323. The molecule has 3 rings (SSSR count). The predicted molar refractivity (Wildman–Crippen MR) is 68.7 cm³/mol. The lowest BCUT2D eigenvalue weighted by Crippen LogP contribution is -2.41. The summed E-state index contributed by atoms with van der Waals surface area (Å²) in [7, 11) is 0. The lowest BCUT2D eigenvalue weighted by molar-refractivity contribution is -0.141. The van der Waals surface area contributed by atoms with Gasteiger partial charge in [-0.1, -0.05) is 12.1 Å². The maximum atomic E-state index is 11.8. The summed E-state index contributed by atoms with van der Waals surface area (Å²) in [5.41, 5.74) is 0. The van der Waals surface area contributed by atoms with Crippen molar-refractivity contribution in [2.75, 3.05) is 19.7 Å². The summed E-state index contributed by atoms with van der Waals surface area (Å²) < 4.78 is 11.3. The zero-order valence-corrected chi connectivity index (χ0v) is 10.8. The van der Waals surface area contributed by atoms with Gasteiger partial charge in [0, 0.05) is 13.0 Å². The summed E-state index contributed by atoms with van der Waals surface area (Å²) in [6, 6.07) is 7.36. The quantitative estimate of drug-likeness (QED) is 0.882. The normalized spacial score (nSPS) is 24.8. The van der Waals surface area contributed by atoms with E-state index in [9.17, 15) is 9.59 Å². The van der Waals surface area contributed by atoms with Gasteiger partial charge in [0.05, 0.1) is 12.5 Å². The number of carboxylic acid groups (broad SMARTS) is 1. The Morgan fingerprint density at radius 2 is 2.10 bits per heavy atom. The van der Waals surface area contributed by atoms with Gasteiger partial charge < -0.3 is 19.5 Å². The molecular formula is C14H15NO5. The number of benzene rings is 1. The first-order chi connectivity index (χ1) is 9.63. The maximum absolute atomic E-state index is 11.8. The number of aliphatic carboxylic acids is 1. The first-order valence-corrected chi connectivity index (χ1v) is 6.52. The van der Waals surface area contributed by atoms with Crippen LogP contribution in [0.1, 0.15) is 6.42 Å². The third-order valence-electron chi connectivity index (χ3n) is 3.56. The standard InChI is InChI=1S/C14H15NO5/c16-13-5-9(14(17)18)6-15(13)7-10-8-19-11-3-1-2-4-12(11)20-10/h1-4,9-10H,5-8H2,(H,17,18). The number of carbonyl (C=O) groups is 2. The highest BCUT2D eigenvalue weighted by Crippen LogP contribution is 2.31. The Bertz CT molecular complexity index is 544. The molecular weight excluding hydrogens is 262 g/mol. The smallest absolute Gasteiger partial charge is 0.308 e. The Hall–Kier alpha value is -2.24. The number of hydrogen-bond acceptors (Lipinski definition) is 4. The number of ether oxygens (including phenoxy) is 2. The van der Waals surface area contributed by atoms with Crippen molar-refractivity contribution in [1.29, 1.82) is 0 Å². The second-order valence-corrected chi connectivity index (χ2v) is 5.04. The number of fused-ring (bicyclic) bond motifs is 1. The first-order valence-electron chi connectivity index (χ1n) is 6.52. The minimum absolute atomic E-state index is 0.0689. The average Bonchev–Trinajstić information content (AvgIpc) is 2.80. The number of amides is 1. The molecule has 1 N–H and O–H groups in total. The highest BCUT2D eigenvalue weighted by Gasteiger charge is 2.36. The third kappa shape index (κ3) is 2.41. The van der Waals surface area contributed by atoms with E-state index >= 15 is 0 Å². The molecule has 2 atom stereocenters. The van der Waals surface area contributed by atoms with Crippen LogP contribution in [0.3, 0.4) is 0 Å². The molecule has 6 heteroatoms. The molecule has 0 aliphatic carbocycles. The van der Waals surface area contributed by atoms with Gasteiger partial charge in [-0.25, -0.2) is 0 Å². The molecule has 2 heterocycles. The van der Waals surface area contributed by atoms with E-state index in [1.54, 1.807) is 4.90 Å². The van der Waals surface area contributed by atoms with Gasteiger partial charge in [0.1, 0.15) is 6.61 Å². The van der Waals surface area contributed by atoms with Gasteiger partial charge >= 0.3 is 5.97 Å². The third-order valence-corrected chi connectivity index (χ3v) is 3.56. The molecule has 1 aromatic rings. The second-order valence-electron chi connectivity index (χ2n) is 5.04. The lowest BCUT2D eigenvalue weighted by Gasteiger charge is -2.29. The number of likely N-dealkylation sites (tertiary alicyclic amines) is 1. The molecule has 1 saturated heterocycles. The van der Waals surface area contributed by atoms with Gasteiger partial charge in [-0.05, 0) is 12.1 Å². The number of rotatable bonds is 3. The molecule has 0 radical (unpaired) electrons. The molecule has 106 valence electrons. The van der Waals surface area contributed by atoms with Crippen molar-refractivity contribution >= 4 is 11.9 Å². The van der Waals surface area contributed by atoms with Gasteiger partial charge in [0.25, 0.3) is 0 Å². The van der Waals surface area contributed by atoms with E-state index in [0.717, 1.165) is 0 Å². The molecule has 6 nitrogen and oxygen atoms in total.